The highest BCUT2D eigenvalue weighted by Crippen LogP contribution is 2.30. The van der Waals surface area contributed by atoms with Crippen molar-refractivity contribution in [3.63, 3.8) is 0 Å². The Hall–Kier alpha value is -3.75. The van der Waals surface area contributed by atoms with Crippen LogP contribution in [0.15, 0.2) is 48.5 Å². The van der Waals surface area contributed by atoms with Gasteiger partial charge in [0.2, 0.25) is 6.10 Å². The van der Waals surface area contributed by atoms with Crippen LogP contribution in [0.5, 0.6) is 17.2 Å². The van der Waals surface area contributed by atoms with Crippen molar-refractivity contribution in [1.82, 2.24) is 16.2 Å². The number of ether oxygens (including phenoxy) is 3. The predicted octanol–water partition coefficient (Wildman–Crippen LogP) is 0.412. The number of hydrogen-bond acceptors (Lipinski definition) is 6. The summed E-state index contributed by atoms with van der Waals surface area (Å²) < 4.78 is 16.1. The molecule has 146 valence electrons. The zero-order chi connectivity index (χ0) is 19.9. The first kappa shape index (κ1) is 19.0. The minimum atomic E-state index is -0.904. The second-order valence-corrected chi connectivity index (χ2v) is 5.78. The van der Waals surface area contributed by atoms with Crippen LogP contribution in [0.3, 0.4) is 0 Å². The standard InChI is InChI=1S/C19H19N3O6/c1-26-13-7-3-2-6-12(13)18(24)20-10-17(23)21-22-19(25)16-11-27-14-8-4-5-9-15(14)28-16/h2-9,16H,10-11H2,1H3,(H,20,24)(H,21,23)(H,22,25)/t16-/m0/s1. The molecule has 2 aromatic rings. The van der Waals surface area contributed by atoms with Gasteiger partial charge >= 0.3 is 0 Å². The van der Waals surface area contributed by atoms with Gasteiger partial charge < -0.3 is 19.5 Å². The lowest BCUT2D eigenvalue weighted by Gasteiger charge is -2.25. The zero-order valence-corrected chi connectivity index (χ0v) is 15.1. The second kappa shape index (κ2) is 8.76. The van der Waals surface area contributed by atoms with Gasteiger partial charge in [-0.2, -0.15) is 0 Å². The molecule has 28 heavy (non-hydrogen) atoms. The molecule has 1 aliphatic rings. The summed E-state index contributed by atoms with van der Waals surface area (Å²) in [5.74, 6) is -0.255. The molecule has 0 fully saturated rings. The van der Waals surface area contributed by atoms with Gasteiger partial charge in [0.1, 0.15) is 12.4 Å². The molecule has 1 atom stereocenters. The Balaban J connectivity index is 1.44. The maximum Gasteiger partial charge on any atom is 0.283 e. The average Bonchev–Trinajstić information content (AvgIpc) is 2.75. The van der Waals surface area contributed by atoms with Crippen molar-refractivity contribution in [1.29, 1.82) is 0 Å². The van der Waals surface area contributed by atoms with Gasteiger partial charge in [-0.15, -0.1) is 0 Å². The summed E-state index contributed by atoms with van der Waals surface area (Å²) in [6.45, 7) is -0.314. The fourth-order valence-electron chi connectivity index (χ4n) is 2.49. The van der Waals surface area contributed by atoms with Gasteiger partial charge in [-0.25, -0.2) is 0 Å². The van der Waals surface area contributed by atoms with E-state index in [0.29, 0.717) is 22.8 Å². The van der Waals surface area contributed by atoms with Gasteiger partial charge in [-0.3, -0.25) is 25.2 Å². The minimum Gasteiger partial charge on any atom is -0.496 e. The van der Waals surface area contributed by atoms with Crippen molar-refractivity contribution < 1.29 is 28.6 Å². The molecule has 0 saturated heterocycles. The number of para-hydroxylation sites is 3. The molecule has 2 aromatic carbocycles. The van der Waals surface area contributed by atoms with Crippen LogP contribution < -0.4 is 30.4 Å². The molecule has 0 bridgehead atoms. The summed E-state index contributed by atoms with van der Waals surface area (Å²) in [7, 11) is 1.45. The molecule has 0 radical (unpaired) electrons. The molecule has 0 spiro atoms. The summed E-state index contributed by atoms with van der Waals surface area (Å²) >= 11 is 0. The van der Waals surface area contributed by atoms with Crippen molar-refractivity contribution in [2.24, 2.45) is 0 Å². The third kappa shape index (κ3) is 4.50. The van der Waals surface area contributed by atoms with Crippen LogP contribution in [0.25, 0.3) is 0 Å². The topological polar surface area (TPSA) is 115 Å². The van der Waals surface area contributed by atoms with Crippen molar-refractivity contribution in [2.45, 2.75) is 6.10 Å². The first-order chi connectivity index (χ1) is 13.6. The van der Waals surface area contributed by atoms with Crippen molar-refractivity contribution in [2.75, 3.05) is 20.3 Å². The maximum absolute atomic E-state index is 12.1. The van der Waals surface area contributed by atoms with Crippen LogP contribution in [-0.4, -0.2) is 44.1 Å². The van der Waals surface area contributed by atoms with E-state index in [1.54, 1.807) is 48.5 Å². The van der Waals surface area contributed by atoms with Crippen LogP contribution in [0.1, 0.15) is 10.4 Å². The Labute approximate surface area is 160 Å². The minimum absolute atomic E-state index is 0.0171. The van der Waals surface area contributed by atoms with Gasteiger partial charge in [0.25, 0.3) is 17.7 Å². The average molecular weight is 385 g/mol. The predicted molar refractivity (Wildman–Crippen MR) is 98.0 cm³/mol. The number of amides is 3. The van der Waals surface area contributed by atoms with E-state index < -0.39 is 23.8 Å². The number of carbonyl (C=O) groups is 3. The van der Waals surface area contributed by atoms with Gasteiger partial charge in [-0.05, 0) is 24.3 Å². The van der Waals surface area contributed by atoms with E-state index in [9.17, 15) is 14.4 Å². The largest absolute Gasteiger partial charge is 0.496 e. The lowest BCUT2D eigenvalue weighted by molar-refractivity contribution is -0.134. The maximum atomic E-state index is 12.1. The third-order valence-corrected chi connectivity index (χ3v) is 3.89. The Morgan fingerprint density at radius 2 is 1.75 bits per heavy atom. The smallest absolute Gasteiger partial charge is 0.283 e. The van der Waals surface area contributed by atoms with Crippen molar-refractivity contribution >= 4 is 17.7 Å². The monoisotopic (exact) mass is 385 g/mol. The molecular formula is C19H19N3O6. The number of hydrazine groups is 1. The quantitative estimate of drug-likeness (QED) is 0.643. The van der Waals surface area contributed by atoms with Crippen LogP contribution in [0.2, 0.25) is 0 Å². The molecule has 1 heterocycles. The highest BCUT2D eigenvalue weighted by Gasteiger charge is 2.27. The molecule has 3 amide bonds. The molecule has 1 aliphatic heterocycles. The van der Waals surface area contributed by atoms with Gasteiger partial charge in [0.15, 0.2) is 11.5 Å². The fourth-order valence-corrected chi connectivity index (χ4v) is 2.49. The summed E-state index contributed by atoms with van der Waals surface area (Å²) in [5.41, 5.74) is 4.77. The summed E-state index contributed by atoms with van der Waals surface area (Å²) in [4.78, 5) is 36.1. The van der Waals surface area contributed by atoms with Crippen molar-refractivity contribution in [3.05, 3.63) is 54.1 Å². The number of methoxy groups -OCH3 is 1. The summed E-state index contributed by atoms with van der Waals surface area (Å²) in [6, 6.07) is 13.6. The SMILES string of the molecule is COc1ccccc1C(=O)NCC(=O)NNC(=O)[C@@H]1COc2ccccc2O1. The molecule has 9 nitrogen and oxygen atoms in total. The van der Waals surface area contributed by atoms with Crippen LogP contribution >= 0.6 is 0 Å². The molecule has 0 aliphatic carbocycles. The summed E-state index contributed by atoms with van der Waals surface area (Å²) in [5, 5.41) is 2.45. The molecule has 3 N–H and O–H groups in total. The van der Waals surface area contributed by atoms with E-state index in [1.807, 2.05) is 0 Å². The van der Waals surface area contributed by atoms with Crippen LogP contribution in [0.4, 0.5) is 0 Å². The van der Waals surface area contributed by atoms with Crippen molar-refractivity contribution in [3.8, 4) is 17.2 Å². The van der Waals surface area contributed by atoms with Gasteiger partial charge in [0, 0.05) is 0 Å². The first-order valence-corrected chi connectivity index (χ1v) is 8.47. The third-order valence-electron chi connectivity index (χ3n) is 3.89. The van der Waals surface area contributed by atoms with Gasteiger partial charge in [0.05, 0.1) is 19.2 Å². The molecule has 0 saturated carbocycles. The van der Waals surface area contributed by atoms with E-state index in [1.165, 1.54) is 7.11 Å². The Bertz CT molecular complexity index is 885. The number of benzene rings is 2. The molecular weight excluding hydrogens is 366 g/mol. The Morgan fingerprint density at radius 3 is 2.54 bits per heavy atom. The lowest BCUT2D eigenvalue weighted by atomic mass is 10.2. The molecule has 0 unspecified atom stereocenters. The Morgan fingerprint density at radius 1 is 1.04 bits per heavy atom. The van der Waals surface area contributed by atoms with E-state index in [2.05, 4.69) is 16.2 Å². The number of fused-ring (bicyclic) bond motifs is 1. The normalized spacial score (nSPS) is 14.5. The van der Waals surface area contributed by atoms with E-state index in [-0.39, 0.29) is 13.2 Å². The molecule has 3 rings (SSSR count). The lowest BCUT2D eigenvalue weighted by Crippen LogP contribution is -2.52. The number of carbonyl (C=O) groups excluding carboxylic acids is 3. The van der Waals surface area contributed by atoms with Gasteiger partial charge in [-0.1, -0.05) is 24.3 Å². The molecule has 9 heteroatoms. The number of nitrogens with one attached hydrogen (secondary N) is 3. The Kier molecular flexibility index (Phi) is 5.95. The first-order valence-electron chi connectivity index (χ1n) is 8.47. The van der Waals surface area contributed by atoms with Crippen LogP contribution in [0, 0.1) is 0 Å². The van der Waals surface area contributed by atoms with Crippen LogP contribution in [-0.2, 0) is 9.59 Å². The van der Waals surface area contributed by atoms with E-state index in [4.69, 9.17) is 14.2 Å². The summed E-state index contributed by atoms with van der Waals surface area (Å²) in [6.07, 6.45) is -0.904. The number of hydrogen-bond donors (Lipinski definition) is 3. The van der Waals surface area contributed by atoms with E-state index in [0.717, 1.165) is 0 Å². The number of rotatable bonds is 5. The fraction of sp³-hybridized carbons (Fsp3) is 0.211. The highest BCUT2D eigenvalue weighted by molar-refractivity contribution is 5.98. The van der Waals surface area contributed by atoms with E-state index >= 15 is 0 Å². The highest BCUT2D eigenvalue weighted by atomic mass is 16.6. The zero-order valence-electron chi connectivity index (χ0n) is 15.1. The molecule has 0 aromatic heterocycles. The second-order valence-electron chi connectivity index (χ2n) is 5.78.